The van der Waals surface area contributed by atoms with Gasteiger partial charge in [-0.3, -0.25) is 4.79 Å². The van der Waals surface area contributed by atoms with E-state index in [1.807, 2.05) is 36.4 Å². The highest BCUT2D eigenvalue weighted by atomic mass is 16.6. The Bertz CT molecular complexity index is 424. The lowest BCUT2D eigenvalue weighted by Gasteiger charge is -2.22. The molecule has 0 saturated carbocycles. The van der Waals surface area contributed by atoms with Crippen molar-refractivity contribution in [3.63, 3.8) is 0 Å². The van der Waals surface area contributed by atoms with Crippen molar-refractivity contribution in [3.05, 3.63) is 48.6 Å². The first-order chi connectivity index (χ1) is 8.72. The minimum atomic E-state index is -0.350. The zero-order valence-corrected chi connectivity index (χ0v) is 10.9. The Kier molecular flexibility index (Phi) is 3.85. The van der Waals surface area contributed by atoms with Crippen molar-refractivity contribution >= 4 is 5.97 Å². The third-order valence-electron chi connectivity index (χ3n) is 3.69. The van der Waals surface area contributed by atoms with Gasteiger partial charge >= 0.3 is 5.97 Å². The van der Waals surface area contributed by atoms with E-state index in [4.69, 9.17) is 4.74 Å². The molecule has 2 heteroatoms. The summed E-state index contributed by atoms with van der Waals surface area (Å²) in [5.41, 5.74) is 0.740. The van der Waals surface area contributed by atoms with Gasteiger partial charge in [-0.05, 0) is 18.4 Å². The van der Waals surface area contributed by atoms with Crippen molar-refractivity contribution in [2.24, 2.45) is 5.41 Å². The van der Waals surface area contributed by atoms with Crippen LogP contribution in [0.5, 0.6) is 0 Å². The predicted octanol–water partition coefficient (Wildman–Crippen LogP) is 4.04. The average Bonchev–Trinajstić information content (AvgIpc) is 2.69. The Hall–Kier alpha value is -1.57. The van der Waals surface area contributed by atoms with Crippen LogP contribution in [0.2, 0.25) is 0 Å². The van der Waals surface area contributed by atoms with E-state index in [-0.39, 0.29) is 17.5 Å². The highest BCUT2D eigenvalue weighted by Gasteiger charge is 2.47. The summed E-state index contributed by atoms with van der Waals surface area (Å²) in [6.07, 6.45) is 5.10. The minimum Gasteiger partial charge on any atom is -0.457 e. The molecule has 18 heavy (non-hydrogen) atoms. The highest BCUT2D eigenvalue weighted by molar-refractivity contribution is 5.79. The standard InChI is InChI=1S/C16H20O2/c1-3-10-16(11-4-2)12-14(18-15(16)17)13-8-6-5-7-9-13/h3,5-9,14H,1,4,10-12H2,2H3/t14-,16-/m1/s1. The molecule has 1 aromatic rings. The smallest absolute Gasteiger partial charge is 0.313 e. The predicted molar refractivity (Wildman–Crippen MR) is 72.0 cm³/mol. The van der Waals surface area contributed by atoms with Gasteiger partial charge in [0.05, 0.1) is 5.41 Å². The van der Waals surface area contributed by atoms with Gasteiger partial charge in [-0.25, -0.2) is 0 Å². The maximum atomic E-state index is 12.2. The molecule has 0 spiro atoms. The molecule has 0 aliphatic carbocycles. The first kappa shape index (κ1) is 12.9. The number of cyclic esters (lactones) is 1. The van der Waals surface area contributed by atoms with E-state index in [9.17, 15) is 4.79 Å². The zero-order chi connectivity index (χ0) is 13.0. The van der Waals surface area contributed by atoms with Gasteiger partial charge in [0.1, 0.15) is 6.10 Å². The molecule has 1 heterocycles. The summed E-state index contributed by atoms with van der Waals surface area (Å²) in [7, 11) is 0. The molecule has 0 bridgehead atoms. The van der Waals surface area contributed by atoms with Crippen LogP contribution in [0.1, 0.15) is 44.3 Å². The topological polar surface area (TPSA) is 26.3 Å². The van der Waals surface area contributed by atoms with Crippen LogP contribution in [0.25, 0.3) is 0 Å². The Balaban J connectivity index is 2.21. The van der Waals surface area contributed by atoms with Crippen LogP contribution in [-0.2, 0) is 9.53 Å². The Labute approximate surface area is 109 Å². The van der Waals surface area contributed by atoms with Crippen LogP contribution >= 0.6 is 0 Å². The SMILES string of the molecule is C=CC[C@@]1(CCC)C[C@H](c2ccccc2)OC1=O. The quantitative estimate of drug-likeness (QED) is 0.577. The van der Waals surface area contributed by atoms with Crippen molar-refractivity contribution in [1.29, 1.82) is 0 Å². The zero-order valence-electron chi connectivity index (χ0n) is 10.9. The molecular formula is C16H20O2. The van der Waals surface area contributed by atoms with Gasteiger partial charge in [0.25, 0.3) is 0 Å². The van der Waals surface area contributed by atoms with E-state index < -0.39 is 0 Å². The van der Waals surface area contributed by atoms with Gasteiger partial charge in [-0.2, -0.15) is 0 Å². The van der Waals surface area contributed by atoms with E-state index in [0.29, 0.717) is 6.42 Å². The lowest BCUT2D eigenvalue weighted by molar-refractivity contribution is -0.149. The molecule has 2 rings (SSSR count). The summed E-state index contributed by atoms with van der Waals surface area (Å²) >= 11 is 0. The summed E-state index contributed by atoms with van der Waals surface area (Å²) in [6, 6.07) is 9.98. The first-order valence-corrected chi connectivity index (χ1v) is 6.59. The summed E-state index contributed by atoms with van der Waals surface area (Å²) in [6.45, 7) is 5.88. The Morgan fingerprint density at radius 2 is 2.17 bits per heavy atom. The molecule has 96 valence electrons. The number of rotatable bonds is 5. The second-order valence-corrected chi connectivity index (χ2v) is 5.03. The number of hydrogen-bond acceptors (Lipinski definition) is 2. The van der Waals surface area contributed by atoms with Gasteiger partial charge in [-0.15, -0.1) is 6.58 Å². The number of allylic oxidation sites excluding steroid dienone is 1. The van der Waals surface area contributed by atoms with E-state index in [1.165, 1.54) is 0 Å². The fourth-order valence-corrected chi connectivity index (χ4v) is 2.82. The lowest BCUT2D eigenvalue weighted by Crippen LogP contribution is -2.25. The Morgan fingerprint density at radius 1 is 1.44 bits per heavy atom. The molecule has 0 radical (unpaired) electrons. The van der Waals surface area contributed by atoms with Crippen LogP contribution in [0, 0.1) is 5.41 Å². The van der Waals surface area contributed by atoms with E-state index in [2.05, 4.69) is 13.5 Å². The molecule has 1 saturated heterocycles. The van der Waals surface area contributed by atoms with Crippen molar-refractivity contribution in [2.45, 2.75) is 38.7 Å². The number of hydrogen-bond donors (Lipinski definition) is 0. The summed E-state index contributed by atoms with van der Waals surface area (Å²) in [5, 5.41) is 0. The second kappa shape index (κ2) is 5.38. The van der Waals surface area contributed by atoms with Crippen LogP contribution in [0.3, 0.4) is 0 Å². The number of benzene rings is 1. The first-order valence-electron chi connectivity index (χ1n) is 6.59. The fraction of sp³-hybridized carbons (Fsp3) is 0.438. The van der Waals surface area contributed by atoms with Crippen LogP contribution in [0.15, 0.2) is 43.0 Å². The van der Waals surface area contributed by atoms with Crippen molar-refractivity contribution in [2.75, 3.05) is 0 Å². The normalized spacial score (nSPS) is 26.9. The Morgan fingerprint density at radius 3 is 2.78 bits per heavy atom. The molecule has 1 fully saturated rings. The monoisotopic (exact) mass is 244 g/mol. The number of carbonyl (C=O) groups excluding carboxylic acids is 1. The molecule has 1 aliphatic rings. The second-order valence-electron chi connectivity index (χ2n) is 5.03. The van der Waals surface area contributed by atoms with Crippen molar-refractivity contribution in [1.82, 2.24) is 0 Å². The third-order valence-corrected chi connectivity index (χ3v) is 3.69. The van der Waals surface area contributed by atoms with E-state index in [0.717, 1.165) is 24.8 Å². The third kappa shape index (κ3) is 2.33. The van der Waals surface area contributed by atoms with Gasteiger partial charge in [0.15, 0.2) is 0 Å². The van der Waals surface area contributed by atoms with E-state index >= 15 is 0 Å². The summed E-state index contributed by atoms with van der Waals surface area (Å²) in [4.78, 5) is 12.2. The van der Waals surface area contributed by atoms with Crippen molar-refractivity contribution in [3.8, 4) is 0 Å². The number of esters is 1. The molecule has 1 aromatic carbocycles. The fourth-order valence-electron chi connectivity index (χ4n) is 2.82. The molecule has 1 aliphatic heterocycles. The molecule has 0 aromatic heterocycles. The van der Waals surface area contributed by atoms with Gasteiger partial charge in [0.2, 0.25) is 0 Å². The molecule has 0 N–H and O–H groups in total. The van der Waals surface area contributed by atoms with Crippen LogP contribution in [-0.4, -0.2) is 5.97 Å². The maximum Gasteiger partial charge on any atom is 0.313 e. The highest BCUT2D eigenvalue weighted by Crippen LogP contribution is 2.47. The lowest BCUT2D eigenvalue weighted by atomic mass is 9.77. The van der Waals surface area contributed by atoms with Crippen LogP contribution in [0.4, 0.5) is 0 Å². The molecule has 2 nitrogen and oxygen atoms in total. The maximum absolute atomic E-state index is 12.2. The summed E-state index contributed by atoms with van der Waals surface area (Å²) in [5.74, 6) is -0.0573. The largest absolute Gasteiger partial charge is 0.457 e. The summed E-state index contributed by atoms with van der Waals surface area (Å²) < 4.78 is 5.58. The number of carbonyl (C=O) groups is 1. The van der Waals surface area contributed by atoms with Gasteiger partial charge in [-0.1, -0.05) is 49.8 Å². The number of ether oxygens (including phenoxy) is 1. The average molecular weight is 244 g/mol. The molecule has 2 atom stereocenters. The van der Waals surface area contributed by atoms with Crippen molar-refractivity contribution < 1.29 is 9.53 Å². The minimum absolute atomic E-state index is 0.0573. The van der Waals surface area contributed by atoms with Gasteiger partial charge < -0.3 is 4.74 Å². The molecule has 0 amide bonds. The van der Waals surface area contributed by atoms with Crippen LogP contribution < -0.4 is 0 Å². The van der Waals surface area contributed by atoms with Gasteiger partial charge in [0, 0.05) is 6.42 Å². The van der Waals surface area contributed by atoms with E-state index in [1.54, 1.807) is 0 Å². The molecule has 0 unspecified atom stereocenters. The molecular weight excluding hydrogens is 224 g/mol.